The Labute approximate surface area is 146 Å². The van der Waals surface area contributed by atoms with Gasteiger partial charge in [0.25, 0.3) is 0 Å². The number of amides is 1. The van der Waals surface area contributed by atoms with E-state index in [1.165, 1.54) is 6.39 Å². The molecule has 1 N–H and O–H groups in total. The van der Waals surface area contributed by atoms with E-state index in [1.54, 1.807) is 18.3 Å². The van der Waals surface area contributed by atoms with E-state index in [1.807, 2.05) is 12.3 Å². The second-order valence-electron chi connectivity index (χ2n) is 6.84. The van der Waals surface area contributed by atoms with Crippen molar-refractivity contribution in [2.75, 3.05) is 13.1 Å². The first-order chi connectivity index (χ1) is 11.4. The Hall–Kier alpha value is -1.73. The zero-order valence-electron chi connectivity index (χ0n) is 14.6. The number of oxazole rings is 1. The summed E-state index contributed by atoms with van der Waals surface area (Å²) in [4.78, 5) is 23.1. The van der Waals surface area contributed by atoms with Crippen molar-refractivity contribution in [2.45, 2.75) is 52.1 Å². The number of nitrogens with zero attached hydrogens (tertiary/aromatic N) is 3. The second kappa shape index (κ2) is 6.64. The van der Waals surface area contributed by atoms with E-state index in [4.69, 9.17) is 4.42 Å². The Morgan fingerprint density at radius 2 is 2.33 bits per heavy atom. The molecule has 1 unspecified atom stereocenters. The average molecular weight is 348 g/mol. The maximum absolute atomic E-state index is 11.8. The lowest BCUT2D eigenvalue weighted by atomic mass is 9.99. The molecule has 0 radical (unpaired) electrons. The summed E-state index contributed by atoms with van der Waals surface area (Å²) in [5.74, 6) is 1.23. The molecule has 1 atom stereocenters. The first kappa shape index (κ1) is 17.1. The highest BCUT2D eigenvalue weighted by Gasteiger charge is 2.43. The number of hydrogen-bond donors (Lipinski definition) is 1. The van der Waals surface area contributed by atoms with Crippen molar-refractivity contribution in [3.63, 3.8) is 0 Å². The first-order valence-corrected chi connectivity index (χ1v) is 9.13. The average Bonchev–Trinajstić information content (AvgIpc) is 3.19. The van der Waals surface area contributed by atoms with Gasteiger partial charge in [0.05, 0.1) is 5.69 Å². The highest BCUT2D eigenvalue weighted by molar-refractivity contribution is 7.09. The first-order valence-electron chi connectivity index (χ1n) is 8.25. The van der Waals surface area contributed by atoms with Gasteiger partial charge in [-0.3, -0.25) is 9.69 Å². The van der Waals surface area contributed by atoms with E-state index in [-0.39, 0.29) is 5.91 Å². The Morgan fingerprint density at radius 3 is 2.96 bits per heavy atom. The van der Waals surface area contributed by atoms with E-state index in [2.05, 4.69) is 34.0 Å². The molecule has 1 saturated heterocycles. The summed E-state index contributed by atoms with van der Waals surface area (Å²) >= 11 is 1.62. The number of aryl methyl sites for hydroxylation is 1. The zero-order chi connectivity index (χ0) is 17.3. The number of hydrogen-bond acceptors (Lipinski definition) is 6. The van der Waals surface area contributed by atoms with Crippen molar-refractivity contribution in [3.05, 3.63) is 33.9 Å². The predicted octanol–water partition coefficient (Wildman–Crippen LogP) is 2.80. The fraction of sp³-hybridized carbons (Fsp3) is 0.588. The lowest BCUT2D eigenvalue weighted by molar-refractivity contribution is -0.120. The summed E-state index contributed by atoms with van der Waals surface area (Å²) in [7, 11) is 0. The number of carbonyl (C=O) groups is 1. The number of rotatable bonds is 5. The van der Waals surface area contributed by atoms with Crippen LogP contribution in [0.2, 0.25) is 0 Å². The fourth-order valence-corrected chi connectivity index (χ4v) is 4.32. The van der Waals surface area contributed by atoms with Crippen LogP contribution in [-0.4, -0.2) is 33.9 Å². The largest absolute Gasteiger partial charge is 0.448 e. The van der Waals surface area contributed by atoms with Crippen molar-refractivity contribution >= 4 is 17.2 Å². The third-order valence-electron chi connectivity index (χ3n) is 4.36. The van der Waals surface area contributed by atoms with Gasteiger partial charge in [-0.05, 0) is 13.3 Å². The summed E-state index contributed by atoms with van der Waals surface area (Å²) in [5.41, 5.74) is 1.59. The van der Waals surface area contributed by atoms with Crippen LogP contribution < -0.4 is 5.32 Å². The second-order valence-corrected chi connectivity index (χ2v) is 7.69. The molecule has 3 heterocycles. The smallest absolute Gasteiger partial charge is 0.217 e. The number of carbonyl (C=O) groups excluding carboxylic acids is 1. The maximum atomic E-state index is 11.8. The van der Waals surface area contributed by atoms with Crippen LogP contribution in [-0.2, 0) is 16.9 Å². The van der Waals surface area contributed by atoms with Crippen LogP contribution in [0.5, 0.6) is 0 Å². The summed E-state index contributed by atoms with van der Waals surface area (Å²) in [5, 5.41) is 6.18. The molecule has 3 rings (SSSR count). The highest BCUT2D eigenvalue weighted by Crippen LogP contribution is 2.35. The molecule has 1 aliphatic heterocycles. The predicted molar refractivity (Wildman–Crippen MR) is 92.8 cm³/mol. The minimum atomic E-state index is -0.396. The van der Waals surface area contributed by atoms with Gasteiger partial charge in [0.2, 0.25) is 5.91 Å². The summed E-state index contributed by atoms with van der Waals surface area (Å²) < 4.78 is 5.52. The normalized spacial score (nSPS) is 21.5. The van der Waals surface area contributed by atoms with Crippen LogP contribution >= 0.6 is 11.3 Å². The van der Waals surface area contributed by atoms with Gasteiger partial charge >= 0.3 is 0 Å². The van der Waals surface area contributed by atoms with Crippen LogP contribution in [0.15, 0.2) is 16.2 Å². The van der Waals surface area contributed by atoms with Crippen molar-refractivity contribution in [1.82, 2.24) is 20.2 Å². The number of nitrogens with one attached hydrogen (secondary N) is 1. The van der Waals surface area contributed by atoms with E-state index in [0.717, 1.165) is 48.2 Å². The molecule has 0 saturated carbocycles. The van der Waals surface area contributed by atoms with E-state index in [9.17, 15) is 4.79 Å². The molecular formula is C17H24N4O2S. The Balaban J connectivity index is 1.79. The maximum Gasteiger partial charge on any atom is 0.217 e. The highest BCUT2D eigenvalue weighted by atomic mass is 32.1. The molecule has 7 heteroatoms. The third-order valence-corrected chi connectivity index (χ3v) is 5.53. The lowest BCUT2D eigenvalue weighted by Crippen LogP contribution is -2.47. The molecule has 130 valence electrons. The van der Waals surface area contributed by atoms with Gasteiger partial charge in [-0.15, -0.1) is 11.3 Å². The van der Waals surface area contributed by atoms with Gasteiger partial charge in [-0.25, -0.2) is 9.97 Å². The van der Waals surface area contributed by atoms with Gasteiger partial charge in [0.15, 0.2) is 6.39 Å². The summed E-state index contributed by atoms with van der Waals surface area (Å²) in [6, 6.07) is 0. The Kier molecular flexibility index (Phi) is 4.73. The molecule has 1 aliphatic rings. The minimum Gasteiger partial charge on any atom is -0.448 e. The number of aromatic nitrogens is 2. The summed E-state index contributed by atoms with van der Waals surface area (Å²) in [6.45, 7) is 10.1. The quantitative estimate of drug-likeness (QED) is 0.900. The van der Waals surface area contributed by atoms with Crippen LogP contribution in [0.4, 0.5) is 0 Å². The minimum absolute atomic E-state index is 0.0194. The van der Waals surface area contributed by atoms with Crippen molar-refractivity contribution in [1.29, 1.82) is 0 Å². The molecule has 2 aromatic heterocycles. The molecule has 0 aromatic carbocycles. The number of thiazole rings is 1. The van der Waals surface area contributed by atoms with E-state index >= 15 is 0 Å². The monoisotopic (exact) mass is 348 g/mol. The molecule has 2 aromatic rings. The standard InChI is InChI=1S/C17H24N4O2S/c1-11(2)15-14(18-10-23-15)7-21-6-5-17(9-21,20-13(4)22)16-19-12(3)8-24-16/h8,10-11H,5-7,9H2,1-4H3,(H,20,22). The van der Waals surface area contributed by atoms with Crippen LogP contribution in [0.3, 0.4) is 0 Å². The van der Waals surface area contributed by atoms with Crippen molar-refractivity contribution in [3.8, 4) is 0 Å². The van der Waals surface area contributed by atoms with Gasteiger partial charge in [0.1, 0.15) is 16.3 Å². The van der Waals surface area contributed by atoms with E-state index < -0.39 is 5.54 Å². The van der Waals surface area contributed by atoms with Crippen molar-refractivity contribution < 1.29 is 9.21 Å². The Morgan fingerprint density at radius 1 is 1.54 bits per heavy atom. The molecule has 0 spiro atoms. The molecule has 1 fully saturated rings. The molecule has 6 nitrogen and oxygen atoms in total. The van der Waals surface area contributed by atoms with Crippen LogP contribution in [0.25, 0.3) is 0 Å². The van der Waals surface area contributed by atoms with Gasteiger partial charge in [-0.2, -0.15) is 0 Å². The number of likely N-dealkylation sites (tertiary alicyclic amines) is 1. The third kappa shape index (κ3) is 3.37. The van der Waals surface area contributed by atoms with Gasteiger partial charge in [-0.1, -0.05) is 13.8 Å². The van der Waals surface area contributed by atoms with Crippen molar-refractivity contribution in [2.24, 2.45) is 0 Å². The van der Waals surface area contributed by atoms with Gasteiger partial charge < -0.3 is 9.73 Å². The molecule has 24 heavy (non-hydrogen) atoms. The van der Waals surface area contributed by atoms with Crippen LogP contribution in [0.1, 0.15) is 55.3 Å². The topological polar surface area (TPSA) is 71.3 Å². The summed E-state index contributed by atoms with van der Waals surface area (Å²) in [6.07, 6.45) is 2.38. The molecule has 0 aliphatic carbocycles. The van der Waals surface area contributed by atoms with Crippen LogP contribution in [0, 0.1) is 6.92 Å². The molecule has 0 bridgehead atoms. The fourth-order valence-electron chi connectivity index (χ4n) is 3.34. The molecule has 1 amide bonds. The lowest BCUT2D eigenvalue weighted by Gasteiger charge is -2.28. The molecular weight excluding hydrogens is 324 g/mol. The zero-order valence-corrected chi connectivity index (χ0v) is 15.4. The Bertz CT molecular complexity index is 724. The van der Waals surface area contributed by atoms with E-state index in [0.29, 0.717) is 5.92 Å². The SMILES string of the molecule is CC(=O)NC1(c2nc(C)cs2)CCN(Cc2ncoc2C(C)C)C1. The van der Waals surface area contributed by atoms with Gasteiger partial charge in [0, 0.05) is 43.5 Å².